The lowest BCUT2D eigenvalue weighted by atomic mass is 9.84. The van der Waals surface area contributed by atoms with Crippen LogP contribution in [0.15, 0.2) is 52.1 Å². The fraction of sp³-hybridized carbons (Fsp3) is 0.250. The number of rotatable bonds is 6. The topological polar surface area (TPSA) is 113 Å². The van der Waals surface area contributed by atoms with Gasteiger partial charge in [-0.05, 0) is 90.1 Å². The lowest BCUT2D eigenvalue weighted by Gasteiger charge is -2.20. The first-order chi connectivity index (χ1) is 19.3. The molecule has 0 saturated heterocycles. The quantitative estimate of drug-likeness (QED) is 0.216. The Hall–Kier alpha value is -6.16. The molecule has 0 bridgehead atoms. The summed E-state index contributed by atoms with van der Waals surface area (Å²) < 4.78 is 0. The minimum atomic E-state index is -0.291. The van der Waals surface area contributed by atoms with Crippen LogP contribution in [0.1, 0.15) is 61.8 Å². The molecule has 0 radical (unpaired) electrons. The number of nitrogens with zero attached hydrogens (tertiary/aromatic N) is 8. The summed E-state index contributed by atoms with van der Waals surface area (Å²) >= 11 is 0. The van der Waals surface area contributed by atoms with E-state index >= 15 is 0 Å². The van der Waals surface area contributed by atoms with Crippen molar-refractivity contribution in [3.8, 4) is 24.3 Å². The van der Waals surface area contributed by atoms with E-state index in [2.05, 4.69) is 19.4 Å². The molecule has 0 atom stereocenters. The van der Waals surface area contributed by atoms with E-state index in [1.807, 2.05) is 36.4 Å². The van der Waals surface area contributed by atoms with Gasteiger partial charge in [-0.2, -0.15) is 0 Å². The van der Waals surface area contributed by atoms with Gasteiger partial charge in [-0.15, -0.1) is 0 Å². The molecular weight excluding hydrogens is 496 g/mol. The molecule has 0 aromatic heterocycles. The predicted molar refractivity (Wildman–Crippen MR) is 150 cm³/mol. The van der Waals surface area contributed by atoms with Crippen molar-refractivity contribution >= 4 is 17.2 Å². The van der Waals surface area contributed by atoms with Gasteiger partial charge in [0.15, 0.2) is 0 Å². The van der Waals surface area contributed by atoms with E-state index in [4.69, 9.17) is 26.3 Å². The first-order valence-electron chi connectivity index (χ1n) is 12.1. The van der Waals surface area contributed by atoms with Crippen molar-refractivity contribution in [3.05, 3.63) is 120 Å². The Balaban J connectivity index is 3.17. The summed E-state index contributed by atoms with van der Waals surface area (Å²) in [5.74, 6) is 0.317. The molecule has 1 aromatic rings. The molecule has 8 heteroatoms. The van der Waals surface area contributed by atoms with E-state index in [9.17, 15) is 21.0 Å². The molecule has 0 unspecified atom stereocenters. The molecule has 1 aliphatic rings. The van der Waals surface area contributed by atoms with Crippen LogP contribution < -0.4 is 0 Å². The van der Waals surface area contributed by atoms with Crippen LogP contribution in [0.2, 0.25) is 0 Å². The highest BCUT2D eigenvalue weighted by atomic mass is 14.7. The van der Waals surface area contributed by atoms with Crippen LogP contribution in [-0.4, -0.2) is 0 Å². The molecule has 0 amide bonds. The number of allylic oxidation sites excluding steroid dienone is 9. The van der Waals surface area contributed by atoms with Gasteiger partial charge in [0.05, 0.1) is 50.6 Å². The molecule has 1 aromatic carbocycles. The van der Waals surface area contributed by atoms with Gasteiger partial charge in [-0.3, -0.25) is 0 Å². The maximum Gasteiger partial charge on any atom is 0.268 e. The van der Waals surface area contributed by atoms with Crippen molar-refractivity contribution in [1.29, 1.82) is 21.0 Å². The van der Waals surface area contributed by atoms with E-state index in [0.29, 0.717) is 28.2 Å². The van der Waals surface area contributed by atoms with Crippen molar-refractivity contribution in [1.82, 2.24) is 0 Å². The summed E-state index contributed by atoms with van der Waals surface area (Å²) in [6.45, 7) is 34.7. The van der Waals surface area contributed by atoms with Crippen LogP contribution in [-0.2, 0) is 0 Å². The monoisotopic (exact) mass is 518 g/mol. The van der Waals surface area contributed by atoms with Crippen molar-refractivity contribution in [2.45, 2.75) is 46.5 Å². The first-order valence-corrected chi connectivity index (χ1v) is 12.1. The second kappa shape index (κ2) is 14.0. The Bertz CT molecular complexity index is 1680. The fourth-order valence-corrected chi connectivity index (χ4v) is 4.65. The summed E-state index contributed by atoms with van der Waals surface area (Å²) in [6.07, 6.45) is 8.10. The SMILES string of the molecule is [C-]#[N+]/C(C#N)=C(C)\C(=C(/C#N)[N+]#[C-])c1cc(C=CC2CCCC2)c(C(=C(\C#N)[N+]#[C-])/C(C)=C(\C#N)[N+]#[C-])cc1C. The van der Waals surface area contributed by atoms with Gasteiger partial charge in [0.2, 0.25) is 0 Å². The third-order valence-corrected chi connectivity index (χ3v) is 6.69. The first kappa shape index (κ1) is 30.1. The highest BCUT2D eigenvalue weighted by Gasteiger charge is 2.23. The number of benzene rings is 1. The minimum Gasteiger partial charge on any atom is -0.226 e. The van der Waals surface area contributed by atoms with Crippen molar-refractivity contribution in [3.63, 3.8) is 0 Å². The Morgan fingerprint density at radius 3 is 1.55 bits per heavy atom. The average molecular weight is 519 g/mol. The zero-order valence-electron chi connectivity index (χ0n) is 22.3. The smallest absolute Gasteiger partial charge is 0.226 e. The molecule has 8 nitrogen and oxygen atoms in total. The molecule has 190 valence electrons. The standard InChI is InChI=1S/C32H22N8/c1-20-14-26(32(30(19-36)40-7)22(3)28(17-34)38-5)24(13-12-23-10-8-9-11-23)15-25(20)31(29(18-35)39-6)21(2)27(16-33)37-4/h12-15,23H,8-11H2,1-3H3/b13-12?,27-21-,28-22+,31-29-,32-30+. The van der Waals surface area contributed by atoms with Gasteiger partial charge >= 0.3 is 0 Å². The Labute approximate surface area is 234 Å². The molecule has 2 rings (SSSR count). The van der Waals surface area contributed by atoms with Crippen LogP contribution in [0.25, 0.3) is 36.6 Å². The van der Waals surface area contributed by atoms with Gasteiger partial charge in [-0.25, -0.2) is 40.4 Å². The lowest BCUT2D eigenvalue weighted by molar-refractivity contribution is 0.689. The molecule has 1 saturated carbocycles. The number of aryl methyl sites for hydroxylation is 1. The van der Waals surface area contributed by atoms with Crippen LogP contribution >= 0.6 is 0 Å². The van der Waals surface area contributed by atoms with E-state index in [-0.39, 0.29) is 45.1 Å². The lowest BCUT2D eigenvalue weighted by Crippen LogP contribution is -2.02. The third-order valence-electron chi connectivity index (χ3n) is 6.69. The normalized spacial score (nSPS) is 15.2. The molecular formula is C32H22N8. The third kappa shape index (κ3) is 6.21. The summed E-state index contributed by atoms with van der Waals surface area (Å²) in [5.41, 5.74) is 1.50. The minimum absolute atomic E-state index is 0.145. The van der Waals surface area contributed by atoms with Gasteiger partial charge < -0.3 is 0 Å². The summed E-state index contributed by atoms with van der Waals surface area (Å²) in [5, 5.41) is 38.6. The van der Waals surface area contributed by atoms with Gasteiger partial charge in [0.1, 0.15) is 0 Å². The molecule has 40 heavy (non-hydrogen) atoms. The van der Waals surface area contributed by atoms with Gasteiger partial charge in [-0.1, -0.05) is 31.1 Å². The second-order valence-electron chi connectivity index (χ2n) is 8.95. The van der Waals surface area contributed by atoms with E-state index < -0.39 is 0 Å². The number of hydrogen-bond acceptors (Lipinski definition) is 4. The van der Waals surface area contributed by atoms with Crippen molar-refractivity contribution < 1.29 is 0 Å². The highest BCUT2D eigenvalue weighted by Crippen LogP contribution is 2.39. The molecule has 1 fully saturated rings. The fourth-order valence-electron chi connectivity index (χ4n) is 4.65. The van der Waals surface area contributed by atoms with Crippen molar-refractivity contribution in [2.24, 2.45) is 5.92 Å². The van der Waals surface area contributed by atoms with Gasteiger partial charge in [0, 0.05) is 0 Å². The summed E-state index contributed by atoms with van der Waals surface area (Å²) in [6, 6.07) is 10.8. The van der Waals surface area contributed by atoms with Crippen LogP contribution in [0.3, 0.4) is 0 Å². The predicted octanol–water partition coefficient (Wildman–Crippen LogP) is 7.94. The van der Waals surface area contributed by atoms with E-state index in [0.717, 1.165) is 25.7 Å². The second-order valence-corrected chi connectivity index (χ2v) is 8.95. The van der Waals surface area contributed by atoms with Crippen LogP contribution in [0.4, 0.5) is 0 Å². The van der Waals surface area contributed by atoms with E-state index in [1.54, 1.807) is 19.1 Å². The average Bonchev–Trinajstić information content (AvgIpc) is 3.49. The number of nitriles is 4. The zero-order chi connectivity index (χ0) is 29.8. The maximum absolute atomic E-state index is 9.80. The van der Waals surface area contributed by atoms with E-state index in [1.165, 1.54) is 13.8 Å². The summed E-state index contributed by atoms with van der Waals surface area (Å²) in [4.78, 5) is 13.3. The van der Waals surface area contributed by atoms with Crippen molar-refractivity contribution in [2.75, 3.05) is 0 Å². The van der Waals surface area contributed by atoms with Crippen LogP contribution in [0, 0.1) is 84.5 Å². The molecule has 0 aliphatic heterocycles. The highest BCUT2D eigenvalue weighted by molar-refractivity contribution is 5.93. The molecule has 1 aliphatic carbocycles. The Kier molecular flexibility index (Phi) is 10.5. The largest absolute Gasteiger partial charge is 0.268 e. The van der Waals surface area contributed by atoms with Gasteiger partial charge in [0.25, 0.3) is 22.8 Å². The molecule has 0 spiro atoms. The summed E-state index contributed by atoms with van der Waals surface area (Å²) in [7, 11) is 0. The zero-order valence-corrected chi connectivity index (χ0v) is 22.3. The number of hydrogen-bond donors (Lipinski definition) is 0. The Morgan fingerprint density at radius 1 is 0.725 bits per heavy atom. The Morgan fingerprint density at radius 2 is 1.15 bits per heavy atom. The molecule has 0 heterocycles. The maximum atomic E-state index is 9.80. The molecule has 0 N–H and O–H groups in total. The van der Waals surface area contributed by atoms with Crippen LogP contribution in [0.5, 0.6) is 0 Å².